The lowest BCUT2D eigenvalue weighted by atomic mass is 9.87. The molecule has 2 amide bonds. The summed E-state index contributed by atoms with van der Waals surface area (Å²) in [5, 5.41) is 12.6. The average Bonchev–Trinajstić information content (AvgIpc) is 3.26. The Labute approximate surface area is 193 Å². The van der Waals surface area contributed by atoms with Crippen LogP contribution in [0.4, 0.5) is 0 Å². The number of β-amino-alcohol motifs (C(OH)–C–C–N with tert-alkyl or cyclic N) is 1. The number of nitrogens with zero attached hydrogens (tertiary/aromatic N) is 2. The summed E-state index contributed by atoms with van der Waals surface area (Å²) < 4.78 is 0. The van der Waals surface area contributed by atoms with Crippen molar-refractivity contribution >= 4 is 35.6 Å². The number of likely N-dealkylation sites (tertiary alicyclic amines) is 1. The maximum absolute atomic E-state index is 12.7. The molecule has 2 heterocycles. The van der Waals surface area contributed by atoms with Gasteiger partial charge in [-0.3, -0.25) is 19.8 Å². The quantitative estimate of drug-likeness (QED) is 0.624. The van der Waals surface area contributed by atoms with Crippen LogP contribution in [0.3, 0.4) is 0 Å². The Hall–Kier alpha value is -1.84. The fourth-order valence-electron chi connectivity index (χ4n) is 3.58. The lowest BCUT2D eigenvalue weighted by Crippen LogP contribution is -2.53. The lowest BCUT2D eigenvalue weighted by Gasteiger charge is -2.27. The third-order valence-corrected chi connectivity index (χ3v) is 6.47. The topological polar surface area (TPSA) is 109 Å². The van der Waals surface area contributed by atoms with E-state index in [9.17, 15) is 14.7 Å². The molecule has 0 spiro atoms. The zero-order valence-electron chi connectivity index (χ0n) is 18.3. The monoisotopic (exact) mass is 466 g/mol. The third-order valence-electron chi connectivity index (χ3n) is 5.49. The molecule has 3 rings (SSSR count). The number of nitrogens with one attached hydrogen (secondary N) is 1. The molecule has 2 aromatic rings. The lowest BCUT2D eigenvalue weighted by molar-refractivity contribution is -0.134. The highest BCUT2D eigenvalue weighted by Crippen LogP contribution is 2.28. The fraction of sp³-hybridized carbons (Fsp3) is 0.500. The second-order valence-electron chi connectivity index (χ2n) is 9.00. The predicted molar refractivity (Wildman–Crippen MR) is 125 cm³/mol. The van der Waals surface area contributed by atoms with Crippen LogP contribution in [0, 0.1) is 12.3 Å². The molecular weight excluding hydrogens is 436 g/mol. The van der Waals surface area contributed by atoms with Crippen molar-refractivity contribution in [3.63, 3.8) is 0 Å². The number of benzene rings is 1. The van der Waals surface area contributed by atoms with Crippen molar-refractivity contribution in [3.05, 3.63) is 41.0 Å². The van der Waals surface area contributed by atoms with Crippen molar-refractivity contribution in [2.24, 2.45) is 11.1 Å². The molecule has 0 radical (unpaired) electrons. The molecule has 31 heavy (non-hydrogen) atoms. The summed E-state index contributed by atoms with van der Waals surface area (Å²) in [6.07, 6.45) is -0.312. The molecule has 1 aliphatic heterocycles. The van der Waals surface area contributed by atoms with Crippen LogP contribution >= 0.6 is 23.7 Å². The summed E-state index contributed by atoms with van der Waals surface area (Å²) in [7, 11) is 0. The number of aliphatic hydroxyl groups is 1. The molecule has 4 N–H and O–H groups in total. The number of aliphatic hydroxyl groups excluding tert-OH is 1. The molecule has 7 nitrogen and oxygen atoms in total. The number of carbonyl (C=O) groups excluding carboxylic acids is 2. The first kappa shape index (κ1) is 25.4. The maximum atomic E-state index is 12.7. The zero-order valence-corrected chi connectivity index (χ0v) is 19.9. The Bertz CT molecular complexity index is 910. The van der Waals surface area contributed by atoms with Crippen molar-refractivity contribution in [1.29, 1.82) is 0 Å². The van der Waals surface area contributed by atoms with E-state index in [0.717, 1.165) is 21.7 Å². The number of hydrogen-bond acceptors (Lipinski definition) is 7. The predicted octanol–water partition coefficient (Wildman–Crippen LogP) is 2.49. The number of rotatable bonds is 5. The zero-order chi connectivity index (χ0) is 22.1. The van der Waals surface area contributed by atoms with Gasteiger partial charge in [-0.2, -0.15) is 0 Å². The Balaban J connectivity index is 0.00000341. The number of hydrogen-bond donors (Lipinski definition) is 3. The van der Waals surface area contributed by atoms with Crippen LogP contribution in [-0.4, -0.2) is 51.5 Å². The van der Waals surface area contributed by atoms with E-state index in [1.807, 2.05) is 62.4 Å². The SMILES string of the molecule is Cc1ncsc1-c1ccc(CN2C[C@H](O)C[C@@H]2C(=O)NC(=O)[C@@H](N)C(C)(C)C)cc1.Cl. The normalized spacial score (nSPS) is 20.2. The minimum atomic E-state index is -0.788. The Kier molecular flexibility index (Phi) is 8.35. The second kappa shape index (κ2) is 10.2. The fourth-order valence-corrected chi connectivity index (χ4v) is 4.39. The molecule has 0 unspecified atom stereocenters. The van der Waals surface area contributed by atoms with E-state index in [1.165, 1.54) is 0 Å². The molecule has 0 bridgehead atoms. The maximum Gasteiger partial charge on any atom is 0.244 e. The van der Waals surface area contributed by atoms with Gasteiger partial charge in [-0.15, -0.1) is 23.7 Å². The van der Waals surface area contributed by atoms with Crippen molar-refractivity contribution in [2.45, 2.75) is 58.8 Å². The van der Waals surface area contributed by atoms with Crippen molar-refractivity contribution < 1.29 is 14.7 Å². The molecule has 0 aliphatic carbocycles. The van der Waals surface area contributed by atoms with E-state index >= 15 is 0 Å². The standard InChI is InChI=1S/C22H30N4O3S.ClH/c1-13-18(30-12-24-13)15-7-5-14(6-8-15)10-26-11-16(27)9-17(26)20(28)25-21(29)19(23)22(2,3)4;/h5-8,12,16-17,19,27H,9-11,23H2,1-4H3,(H,25,28,29);1H/t16-,17-,19-;/m1./s1. The molecule has 1 fully saturated rings. The van der Waals surface area contributed by atoms with E-state index in [-0.39, 0.29) is 12.4 Å². The highest BCUT2D eigenvalue weighted by molar-refractivity contribution is 7.13. The van der Waals surface area contributed by atoms with Crippen LogP contribution in [0.5, 0.6) is 0 Å². The summed E-state index contributed by atoms with van der Waals surface area (Å²) in [4.78, 5) is 32.4. The minimum Gasteiger partial charge on any atom is -0.392 e. The molecule has 0 saturated carbocycles. The van der Waals surface area contributed by atoms with Gasteiger partial charge in [-0.05, 0) is 29.9 Å². The van der Waals surface area contributed by atoms with Gasteiger partial charge in [0, 0.05) is 13.1 Å². The summed E-state index contributed by atoms with van der Waals surface area (Å²) in [6.45, 7) is 8.44. The minimum absolute atomic E-state index is 0. The van der Waals surface area contributed by atoms with Gasteiger partial charge < -0.3 is 10.8 Å². The number of amides is 2. The van der Waals surface area contributed by atoms with Crippen LogP contribution in [0.15, 0.2) is 29.8 Å². The van der Waals surface area contributed by atoms with E-state index in [0.29, 0.717) is 19.5 Å². The highest BCUT2D eigenvalue weighted by Gasteiger charge is 2.38. The molecule has 170 valence electrons. The number of halogens is 1. The summed E-state index contributed by atoms with van der Waals surface area (Å²) in [5.41, 5.74) is 10.5. The van der Waals surface area contributed by atoms with Gasteiger partial charge in [0.2, 0.25) is 11.8 Å². The first-order chi connectivity index (χ1) is 14.1. The van der Waals surface area contributed by atoms with E-state index in [1.54, 1.807) is 11.3 Å². The van der Waals surface area contributed by atoms with Gasteiger partial charge >= 0.3 is 0 Å². The van der Waals surface area contributed by atoms with E-state index < -0.39 is 35.4 Å². The van der Waals surface area contributed by atoms with Gasteiger partial charge in [0.25, 0.3) is 0 Å². The van der Waals surface area contributed by atoms with Crippen LogP contribution in [0.25, 0.3) is 10.4 Å². The number of thiazole rings is 1. The number of carbonyl (C=O) groups is 2. The average molecular weight is 467 g/mol. The molecule has 9 heteroatoms. The molecule has 3 atom stereocenters. The van der Waals surface area contributed by atoms with Crippen LogP contribution in [0.2, 0.25) is 0 Å². The van der Waals surface area contributed by atoms with Gasteiger partial charge in [-0.1, -0.05) is 45.0 Å². The highest BCUT2D eigenvalue weighted by atomic mass is 35.5. The van der Waals surface area contributed by atoms with Gasteiger partial charge in [0.05, 0.1) is 34.3 Å². The molecular formula is C22H31ClN4O3S. The first-order valence-corrected chi connectivity index (χ1v) is 11.0. The van der Waals surface area contributed by atoms with Crippen molar-refractivity contribution in [1.82, 2.24) is 15.2 Å². The third kappa shape index (κ3) is 6.11. The summed E-state index contributed by atoms with van der Waals surface area (Å²) >= 11 is 1.61. The van der Waals surface area contributed by atoms with Crippen LogP contribution in [-0.2, 0) is 16.1 Å². The van der Waals surface area contributed by atoms with Crippen molar-refractivity contribution in [2.75, 3.05) is 6.54 Å². The molecule has 1 aliphatic rings. The molecule has 1 aromatic carbocycles. The summed E-state index contributed by atoms with van der Waals surface area (Å²) in [5.74, 6) is -0.897. The largest absolute Gasteiger partial charge is 0.392 e. The van der Waals surface area contributed by atoms with Crippen molar-refractivity contribution in [3.8, 4) is 10.4 Å². The van der Waals surface area contributed by atoms with Gasteiger partial charge in [0.1, 0.15) is 0 Å². The Morgan fingerprint density at radius 3 is 2.52 bits per heavy atom. The van der Waals surface area contributed by atoms with E-state index in [4.69, 9.17) is 5.73 Å². The Morgan fingerprint density at radius 2 is 1.97 bits per heavy atom. The smallest absolute Gasteiger partial charge is 0.244 e. The van der Waals surface area contributed by atoms with Crippen LogP contribution < -0.4 is 11.1 Å². The molecule has 1 aromatic heterocycles. The number of nitrogens with two attached hydrogens (primary N) is 1. The van der Waals surface area contributed by atoms with Gasteiger partial charge in [0.15, 0.2) is 0 Å². The second-order valence-corrected chi connectivity index (χ2v) is 9.85. The van der Waals surface area contributed by atoms with Gasteiger partial charge in [-0.25, -0.2) is 4.98 Å². The number of aromatic nitrogens is 1. The Morgan fingerprint density at radius 1 is 1.32 bits per heavy atom. The number of imide groups is 1. The van der Waals surface area contributed by atoms with E-state index in [2.05, 4.69) is 10.3 Å². The molecule has 1 saturated heterocycles. The van der Waals surface area contributed by atoms with Crippen LogP contribution in [0.1, 0.15) is 38.4 Å². The summed E-state index contributed by atoms with van der Waals surface area (Å²) in [6, 6.07) is 6.78. The number of aryl methyl sites for hydroxylation is 1. The first-order valence-electron chi connectivity index (χ1n) is 10.1.